The summed E-state index contributed by atoms with van der Waals surface area (Å²) >= 11 is 0. The minimum absolute atomic E-state index is 0.252. The van der Waals surface area contributed by atoms with Gasteiger partial charge >= 0.3 is 5.97 Å². The second kappa shape index (κ2) is 8.53. The van der Waals surface area contributed by atoms with E-state index >= 15 is 0 Å². The van der Waals surface area contributed by atoms with Gasteiger partial charge in [0.1, 0.15) is 0 Å². The number of methoxy groups -OCH3 is 1. The summed E-state index contributed by atoms with van der Waals surface area (Å²) in [5.41, 5.74) is 0. The van der Waals surface area contributed by atoms with E-state index in [2.05, 4.69) is 25.7 Å². The summed E-state index contributed by atoms with van der Waals surface area (Å²) in [4.78, 5) is 12.7. The van der Waals surface area contributed by atoms with Crippen LogP contribution < -0.4 is 0 Å². The third-order valence-electron chi connectivity index (χ3n) is 2.56. The van der Waals surface area contributed by atoms with Gasteiger partial charge in [0, 0.05) is 32.7 Å². The smallest absolute Gasteiger partial charge is 0.303 e. The predicted molar refractivity (Wildman–Crippen MR) is 64.6 cm³/mol. The van der Waals surface area contributed by atoms with E-state index in [1.54, 1.807) is 7.11 Å². The molecule has 4 heteroatoms. The van der Waals surface area contributed by atoms with E-state index in [0.717, 1.165) is 19.7 Å². The lowest BCUT2D eigenvalue weighted by atomic mass is 10.1. The first-order chi connectivity index (χ1) is 7.47. The van der Waals surface area contributed by atoms with Crippen molar-refractivity contribution in [3.63, 3.8) is 0 Å². The van der Waals surface area contributed by atoms with Crippen LogP contribution in [0, 0.1) is 5.92 Å². The van der Waals surface area contributed by atoms with Crippen LogP contribution in [0.25, 0.3) is 0 Å². The maximum atomic E-state index is 10.4. The first-order valence-corrected chi connectivity index (χ1v) is 5.92. The molecule has 0 aliphatic rings. The fourth-order valence-electron chi connectivity index (χ4n) is 1.73. The van der Waals surface area contributed by atoms with Gasteiger partial charge in [0.15, 0.2) is 0 Å². The van der Waals surface area contributed by atoms with Crippen molar-refractivity contribution in [2.24, 2.45) is 5.92 Å². The second-order valence-electron chi connectivity index (χ2n) is 4.65. The molecule has 0 rings (SSSR count). The molecule has 4 nitrogen and oxygen atoms in total. The van der Waals surface area contributed by atoms with E-state index in [1.807, 2.05) is 0 Å². The maximum Gasteiger partial charge on any atom is 0.303 e. The standard InChI is InChI=1S/C12H25NO3/c1-10(2)13(7-5-6-12(14)15)8-11(3)9-16-4/h10-11H,5-9H2,1-4H3,(H,14,15). The number of carbonyl (C=O) groups is 1. The molecule has 0 aliphatic heterocycles. The van der Waals surface area contributed by atoms with Crippen LogP contribution in [-0.2, 0) is 9.53 Å². The Kier molecular flexibility index (Phi) is 8.21. The number of hydrogen-bond donors (Lipinski definition) is 1. The fraction of sp³-hybridized carbons (Fsp3) is 0.917. The predicted octanol–water partition coefficient (Wildman–Crippen LogP) is 1.84. The van der Waals surface area contributed by atoms with Crippen LogP contribution >= 0.6 is 0 Å². The summed E-state index contributed by atoms with van der Waals surface area (Å²) in [5.74, 6) is -0.231. The van der Waals surface area contributed by atoms with Gasteiger partial charge in [-0.1, -0.05) is 6.92 Å². The molecule has 0 aromatic rings. The van der Waals surface area contributed by atoms with Crippen molar-refractivity contribution in [2.75, 3.05) is 26.8 Å². The molecule has 0 heterocycles. The minimum atomic E-state index is -0.714. The molecule has 0 aromatic heterocycles. The molecule has 0 fully saturated rings. The SMILES string of the molecule is COCC(C)CN(CCCC(=O)O)C(C)C. The molecule has 0 spiro atoms. The van der Waals surface area contributed by atoms with Crippen LogP contribution in [0.2, 0.25) is 0 Å². The van der Waals surface area contributed by atoms with Gasteiger partial charge < -0.3 is 14.7 Å². The van der Waals surface area contributed by atoms with Gasteiger partial charge in [0.2, 0.25) is 0 Å². The Morgan fingerprint density at radius 2 is 2.00 bits per heavy atom. The molecule has 1 N–H and O–H groups in total. The van der Waals surface area contributed by atoms with Gasteiger partial charge in [-0.3, -0.25) is 4.79 Å². The van der Waals surface area contributed by atoms with E-state index in [4.69, 9.17) is 9.84 Å². The van der Waals surface area contributed by atoms with Gasteiger partial charge in [-0.05, 0) is 32.7 Å². The van der Waals surface area contributed by atoms with Gasteiger partial charge in [0.05, 0.1) is 0 Å². The third kappa shape index (κ3) is 7.65. The molecule has 0 radical (unpaired) electrons. The number of nitrogens with zero attached hydrogens (tertiary/aromatic N) is 1. The number of ether oxygens (including phenoxy) is 1. The first kappa shape index (κ1) is 15.4. The Hall–Kier alpha value is -0.610. The van der Waals surface area contributed by atoms with Crippen molar-refractivity contribution >= 4 is 5.97 Å². The summed E-state index contributed by atoms with van der Waals surface area (Å²) < 4.78 is 5.11. The topological polar surface area (TPSA) is 49.8 Å². The lowest BCUT2D eigenvalue weighted by molar-refractivity contribution is -0.137. The molecule has 0 amide bonds. The molecule has 0 saturated heterocycles. The fourth-order valence-corrected chi connectivity index (χ4v) is 1.73. The zero-order valence-corrected chi connectivity index (χ0v) is 10.9. The Morgan fingerprint density at radius 1 is 1.38 bits per heavy atom. The highest BCUT2D eigenvalue weighted by atomic mass is 16.5. The highest BCUT2D eigenvalue weighted by Crippen LogP contribution is 2.07. The largest absolute Gasteiger partial charge is 0.481 e. The number of aliphatic carboxylic acids is 1. The lowest BCUT2D eigenvalue weighted by Crippen LogP contribution is -2.36. The monoisotopic (exact) mass is 231 g/mol. The summed E-state index contributed by atoms with van der Waals surface area (Å²) in [7, 11) is 1.71. The van der Waals surface area contributed by atoms with Crippen molar-refractivity contribution in [3.05, 3.63) is 0 Å². The van der Waals surface area contributed by atoms with Gasteiger partial charge in [0.25, 0.3) is 0 Å². The van der Waals surface area contributed by atoms with E-state index in [9.17, 15) is 4.79 Å². The van der Waals surface area contributed by atoms with Crippen LogP contribution in [-0.4, -0.2) is 48.8 Å². The van der Waals surface area contributed by atoms with E-state index < -0.39 is 5.97 Å². The van der Waals surface area contributed by atoms with Crippen molar-refractivity contribution in [3.8, 4) is 0 Å². The molecule has 0 aliphatic carbocycles. The van der Waals surface area contributed by atoms with Crippen molar-refractivity contribution < 1.29 is 14.6 Å². The number of carboxylic acids is 1. The molecule has 0 aromatic carbocycles. The molecule has 16 heavy (non-hydrogen) atoms. The molecule has 1 atom stereocenters. The Bertz CT molecular complexity index is 195. The third-order valence-corrected chi connectivity index (χ3v) is 2.56. The van der Waals surface area contributed by atoms with E-state index in [0.29, 0.717) is 18.4 Å². The zero-order valence-electron chi connectivity index (χ0n) is 10.9. The number of rotatable bonds is 9. The minimum Gasteiger partial charge on any atom is -0.481 e. The summed E-state index contributed by atoms with van der Waals surface area (Å²) in [6, 6.07) is 0.452. The molecule has 0 bridgehead atoms. The normalized spacial score (nSPS) is 13.4. The highest BCUT2D eigenvalue weighted by Gasteiger charge is 2.13. The zero-order chi connectivity index (χ0) is 12.6. The van der Waals surface area contributed by atoms with Crippen LogP contribution in [0.3, 0.4) is 0 Å². The van der Waals surface area contributed by atoms with E-state index in [1.165, 1.54) is 0 Å². The molecule has 1 unspecified atom stereocenters. The molecule has 0 saturated carbocycles. The molecule has 96 valence electrons. The highest BCUT2D eigenvalue weighted by molar-refractivity contribution is 5.66. The number of hydrogen-bond acceptors (Lipinski definition) is 3. The average Bonchev–Trinajstić information content (AvgIpc) is 2.15. The lowest BCUT2D eigenvalue weighted by Gasteiger charge is -2.28. The number of carboxylic acid groups (broad SMARTS) is 1. The van der Waals surface area contributed by atoms with Gasteiger partial charge in [-0.2, -0.15) is 0 Å². The van der Waals surface area contributed by atoms with E-state index in [-0.39, 0.29) is 6.42 Å². The van der Waals surface area contributed by atoms with Gasteiger partial charge in [-0.15, -0.1) is 0 Å². The average molecular weight is 231 g/mol. The Morgan fingerprint density at radius 3 is 2.44 bits per heavy atom. The van der Waals surface area contributed by atoms with Crippen molar-refractivity contribution in [1.82, 2.24) is 4.90 Å². The summed E-state index contributed by atoms with van der Waals surface area (Å²) in [6.07, 6.45) is 0.967. The van der Waals surface area contributed by atoms with Crippen molar-refractivity contribution in [2.45, 2.75) is 39.7 Å². The maximum absolute atomic E-state index is 10.4. The summed E-state index contributed by atoms with van der Waals surface area (Å²) in [5, 5.41) is 8.59. The van der Waals surface area contributed by atoms with Crippen LogP contribution in [0.1, 0.15) is 33.6 Å². The Balaban J connectivity index is 3.92. The van der Waals surface area contributed by atoms with Crippen LogP contribution in [0.5, 0.6) is 0 Å². The van der Waals surface area contributed by atoms with Crippen LogP contribution in [0.15, 0.2) is 0 Å². The van der Waals surface area contributed by atoms with Crippen LogP contribution in [0.4, 0.5) is 0 Å². The second-order valence-corrected chi connectivity index (χ2v) is 4.65. The van der Waals surface area contributed by atoms with Gasteiger partial charge in [-0.25, -0.2) is 0 Å². The molecular weight excluding hydrogens is 206 g/mol. The summed E-state index contributed by atoms with van der Waals surface area (Å²) in [6.45, 7) is 8.99. The Labute approximate surface area is 98.6 Å². The molecular formula is C12H25NO3. The quantitative estimate of drug-likeness (QED) is 0.658. The first-order valence-electron chi connectivity index (χ1n) is 5.92. The van der Waals surface area contributed by atoms with Crippen molar-refractivity contribution in [1.29, 1.82) is 0 Å².